The second kappa shape index (κ2) is 16.1. The van der Waals surface area contributed by atoms with Crippen molar-refractivity contribution in [2.75, 3.05) is 78.7 Å². The summed E-state index contributed by atoms with van der Waals surface area (Å²) in [4.78, 5) is 26.4. The number of ether oxygens (including phenoxy) is 4. The molecule has 3 aromatic carbocycles. The highest BCUT2D eigenvalue weighted by Crippen LogP contribution is 2.42. The van der Waals surface area contributed by atoms with Gasteiger partial charge in [-0.05, 0) is 93.2 Å². The summed E-state index contributed by atoms with van der Waals surface area (Å²) >= 11 is 0. The van der Waals surface area contributed by atoms with Gasteiger partial charge in [0.15, 0.2) is 11.5 Å². The van der Waals surface area contributed by atoms with Crippen molar-refractivity contribution in [1.29, 1.82) is 0 Å². The Morgan fingerprint density at radius 2 is 1.62 bits per heavy atom. The van der Waals surface area contributed by atoms with E-state index in [4.69, 9.17) is 23.9 Å². The van der Waals surface area contributed by atoms with Gasteiger partial charge in [-0.1, -0.05) is 24.3 Å². The van der Waals surface area contributed by atoms with Crippen molar-refractivity contribution in [3.63, 3.8) is 0 Å². The van der Waals surface area contributed by atoms with Gasteiger partial charge >= 0.3 is 0 Å². The van der Waals surface area contributed by atoms with Crippen LogP contribution < -0.4 is 19.1 Å². The second-order valence-electron chi connectivity index (χ2n) is 13.3. The van der Waals surface area contributed by atoms with Gasteiger partial charge < -0.3 is 38.2 Å². The van der Waals surface area contributed by atoms with Gasteiger partial charge in [-0.25, -0.2) is 9.37 Å². The Balaban J connectivity index is 1.17. The van der Waals surface area contributed by atoms with Gasteiger partial charge in [0.2, 0.25) is 17.6 Å². The van der Waals surface area contributed by atoms with Crippen LogP contribution in [-0.4, -0.2) is 99.1 Å². The fourth-order valence-electron chi connectivity index (χ4n) is 7.56. The lowest BCUT2D eigenvalue weighted by Gasteiger charge is -2.31. The third-order valence-corrected chi connectivity index (χ3v) is 10.2. The standard InChI is InChI=1S/C39H50FN5O5/c1-5-50-24-23-45-33-10-7-6-9-32(33)41-38(45)43-18-8-17-42(21-22-43)19-15-39(27-29-11-13-31(40)14-12-29)16-20-44(37(39)46)28-30-25-34(47-2)36(49-4)35(26-30)48-3/h6-7,9-14,25-26H,5,8,15-24,27-28H2,1-4H3. The van der Waals surface area contributed by atoms with Crippen molar-refractivity contribution < 1.29 is 28.1 Å². The minimum absolute atomic E-state index is 0.134. The molecular weight excluding hydrogens is 637 g/mol. The van der Waals surface area contributed by atoms with Crippen molar-refractivity contribution in [2.45, 2.75) is 45.7 Å². The van der Waals surface area contributed by atoms with Crippen LogP contribution in [-0.2, 0) is 29.0 Å². The molecule has 0 bridgehead atoms. The van der Waals surface area contributed by atoms with Crippen LogP contribution in [0.15, 0.2) is 60.7 Å². The van der Waals surface area contributed by atoms with E-state index < -0.39 is 5.41 Å². The number of imidazole rings is 1. The number of nitrogens with zero attached hydrogens (tertiary/aromatic N) is 5. The summed E-state index contributed by atoms with van der Waals surface area (Å²) in [5.41, 5.74) is 3.42. The lowest BCUT2D eigenvalue weighted by molar-refractivity contribution is -0.137. The summed E-state index contributed by atoms with van der Waals surface area (Å²) in [6, 6.07) is 18.7. The number of rotatable bonds is 15. The van der Waals surface area contributed by atoms with Crippen LogP contribution in [0, 0.1) is 11.2 Å². The highest BCUT2D eigenvalue weighted by molar-refractivity contribution is 5.85. The van der Waals surface area contributed by atoms with Crippen molar-refractivity contribution >= 4 is 22.9 Å². The number of fused-ring (bicyclic) bond motifs is 1. The fourth-order valence-corrected chi connectivity index (χ4v) is 7.56. The number of carbonyl (C=O) groups is 1. The molecule has 0 spiro atoms. The lowest BCUT2D eigenvalue weighted by atomic mass is 9.77. The molecule has 1 atom stereocenters. The van der Waals surface area contributed by atoms with Gasteiger partial charge in [0.1, 0.15) is 5.82 Å². The Labute approximate surface area is 294 Å². The summed E-state index contributed by atoms with van der Waals surface area (Å²) in [7, 11) is 4.77. The molecule has 50 heavy (non-hydrogen) atoms. The third kappa shape index (κ3) is 7.68. The molecule has 0 aliphatic carbocycles. The average Bonchev–Trinajstić information content (AvgIpc) is 3.53. The minimum Gasteiger partial charge on any atom is -0.493 e. The van der Waals surface area contributed by atoms with E-state index >= 15 is 0 Å². The number of amides is 1. The first-order chi connectivity index (χ1) is 24.4. The zero-order valence-corrected chi connectivity index (χ0v) is 29.8. The highest BCUT2D eigenvalue weighted by atomic mass is 19.1. The van der Waals surface area contributed by atoms with E-state index in [9.17, 15) is 9.18 Å². The van der Waals surface area contributed by atoms with Crippen molar-refractivity contribution in [3.05, 3.63) is 77.6 Å². The van der Waals surface area contributed by atoms with E-state index in [1.165, 1.54) is 12.1 Å². The van der Waals surface area contributed by atoms with Crippen LogP contribution in [0.5, 0.6) is 17.2 Å². The van der Waals surface area contributed by atoms with Crippen molar-refractivity contribution in [1.82, 2.24) is 19.4 Å². The highest BCUT2D eigenvalue weighted by Gasteiger charge is 2.46. The molecule has 0 radical (unpaired) electrons. The molecule has 3 heterocycles. The first kappa shape index (κ1) is 35.5. The Kier molecular flexibility index (Phi) is 11.4. The first-order valence-corrected chi connectivity index (χ1v) is 17.7. The van der Waals surface area contributed by atoms with Gasteiger partial charge in [-0.3, -0.25) is 4.79 Å². The maximum absolute atomic E-state index is 14.5. The number of halogens is 1. The average molecular weight is 688 g/mol. The normalized spacial score (nSPS) is 18.5. The molecule has 2 aliphatic heterocycles. The third-order valence-electron chi connectivity index (χ3n) is 10.2. The van der Waals surface area contributed by atoms with Crippen LogP contribution in [0.1, 0.15) is 37.3 Å². The predicted molar refractivity (Wildman–Crippen MR) is 193 cm³/mol. The minimum atomic E-state index is -0.586. The van der Waals surface area contributed by atoms with Gasteiger partial charge in [0, 0.05) is 45.9 Å². The molecule has 10 nitrogen and oxygen atoms in total. The summed E-state index contributed by atoms with van der Waals surface area (Å²) in [6.45, 7) is 9.58. The van der Waals surface area contributed by atoms with Gasteiger partial charge in [0.25, 0.3) is 0 Å². The SMILES string of the molecule is CCOCCn1c(N2CCCN(CCC3(Cc4ccc(F)cc4)CCN(Cc4cc(OC)c(OC)c(OC)c4)C3=O)CC2)nc2ccccc21. The van der Waals surface area contributed by atoms with E-state index in [0.29, 0.717) is 50.0 Å². The Bertz CT molecular complexity index is 1720. The topological polar surface area (TPSA) is 81.5 Å². The van der Waals surface area contributed by atoms with Crippen LogP contribution in [0.25, 0.3) is 11.0 Å². The zero-order valence-electron chi connectivity index (χ0n) is 29.8. The van der Waals surface area contributed by atoms with Gasteiger partial charge in [-0.15, -0.1) is 0 Å². The number of aromatic nitrogens is 2. The number of hydrogen-bond acceptors (Lipinski definition) is 8. The zero-order chi connectivity index (χ0) is 35.1. The molecule has 0 N–H and O–H groups in total. The first-order valence-electron chi connectivity index (χ1n) is 17.7. The number of carbonyl (C=O) groups excluding carboxylic acids is 1. The van der Waals surface area contributed by atoms with Crippen LogP contribution in [0.2, 0.25) is 0 Å². The summed E-state index contributed by atoms with van der Waals surface area (Å²) in [5.74, 6) is 2.50. The van der Waals surface area contributed by atoms with E-state index in [2.05, 4.69) is 32.6 Å². The Hall–Kier alpha value is -4.35. The molecule has 2 fully saturated rings. The molecule has 4 aromatic rings. The van der Waals surface area contributed by atoms with E-state index in [1.54, 1.807) is 21.3 Å². The van der Waals surface area contributed by atoms with E-state index in [-0.39, 0.29) is 11.7 Å². The molecule has 1 unspecified atom stereocenters. The van der Waals surface area contributed by atoms with Gasteiger partial charge in [0.05, 0.1) is 44.4 Å². The molecular formula is C39H50FN5O5. The molecule has 0 saturated carbocycles. The lowest BCUT2D eigenvalue weighted by Crippen LogP contribution is -2.40. The molecule has 1 amide bonds. The van der Waals surface area contributed by atoms with Gasteiger partial charge in [-0.2, -0.15) is 0 Å². The Morgan fingerprint density at radius 1 is 0.860 bits per heavy atom. The van der Waals surface area contributed by atoms with Crippen molar-refractivity contribution in [3.8, 4) is 17.2 Å². The monoisotopic (exact) mass is 687 g/mol. The molecule has 2 aliphatic rings. The number of hydrogen-bond donors (Lipinski definition) is 0. The van der Waals surface area contributed by atoms with E-state index in [0.717, 1.165) is 86.6 Å². The summed E-state index contributed by atoms with van der Waals surface area (Å²) < 4.78 is 38.5. The van der Waals surface area contributed by atoms with Crippen LogP contribution in [0.3, 0.4) is 0 Å². The largest absolute Gasteiger partial charge is 0.493 e. The van der Waals surface area contributed by atoms with E-state index in [1.807, 2.05) is 42.2 Å². The number of anilines is 1. The number of likely N-dealkylation sites (tertiary alicyclic amines) is 1. The number of para-hydroxylation sites is 2. The number of benzene rings is 3. The smallest absolute Gasteiger partial charge is 0.229 e. The summed E-state index contributed by atoms with van der Waals surface area (Å²) in [5, 5.41) is 0. The van der Waals surface area contributed by atoms with Crippen molar-refractivity contribution in [2.24, 2.45) is 5.41 Å². The maximum atomic E-state index is 14.5. The second-order valence-corrected chi connectivity index (χ2v) is 13.3. The Morgan fingerprint density at radius 3 is 2.34 bits per heavy atom. The summed E-state index contributed by atoms with van der Waals surface area (Å²) in [6.07, 6.45) is 3.03. The van der Waals surface area contributed by atoms with Crippen LogP contribution in [0.4, 0.5) is 10.3 Å². The molecule has 11 heteroatoms. The number of methoxy groups -OCH3 is 3. The fraction of sp³-hybridized carbons (Fsp3) is 0.487. The predicted octanol–water partition coefficient (Wildman–Crippen LogP) is 5.80. The molecule has 6 rings (SSSR count). The molecule has 1 aromatic heterocycles. The quantitative estimate of drug-likeness (QED) is 0.145. The maximum Gasteiger partial charge on any atom is 0.229 e. The molecule has 2 saturated heterocycles. The van der Waals surface area contributed by atoms with Crippen LogP contribution >= 0.6 is 0 Å². The molecule has 268 valence electrons.